The molecule has 2 rings (SSSR count). The van der Waals surface area contributed by atoms with Crippen LogP contribution in [-0.4, -0.2) is 55.4 Å². The van der Waals surface area contributed by atoms with Crippen molar-refractivity contribution < 1.29 is 9.53 Å². The van der Waals surface area contributed by atoms with Gasteiger partial charge >= 0.3 is 6.09 Å². The molecule has 0 radical (unpaired) electrons. The van der Waals surface area contributed by atoms with Crippen molar-refractivity contribution in [2.45, 2.75) is 70.6 Å². The second-order valence-electron chi connectivity index (χ2n) is 7.95. The van der Waals surface area contributed by atoms with Crippen molar-refractivity contribution in [2.75, 3.05) is 26.7 Å². The normalized spacial score (nSPS) is 30.3. The number of likely N-dealkylation sites (tertiary alicyclic amines) is 1. The fourth-order valence-corrected chi connectivity index (χ4v) is 3.57. The minimum Gasteiger partial charge on any atom is -0.444 e. The Bertz CT molecular complexity index is 367. The number of amides is 1. The molecule has 0 aromatic heterocycles. The van der Waals surface area contributed by atoms with Crippen LogP contribution in [0.25, 0.3) is 0 Å². The van der Waals surface area contributed by atoms with Crippen LogP contribution in [0.5, 0.6) is 0 Å². The minimum absolute atomic E-state index is 0.294. The van der Waals surface area contributed by atoms with Gasteiger partial charge in [0.05, 0.1) is 0 Å². The Morgan fingerprint density at radius 2 is 1.95 bits per heavy atom. The minimum atomic E-state index is -0.428. The van der Waals surface area contributed by atoms with Gasteiger partial charge in [0.15, 0.2) is 0 Å². The lowest BCUT2D eigenvalue weighted by atomic mass is 9.84. The molecule has 1 saturated carbocycles. The molecule has 3 atom stereocenters. The van der Waals surface area contributed by atoms with Crippen LogP contribution in [0.4, 0.5) is 4.79 Å². The number of nitrogens with zero attached hydrogens (tertiary/aromatic N) is 1. The maximum absolute atomic E-state index is 11.8. The zero-order chi connectivity index (χ0) is 16.2. The van der Waals surface area contributed by atoms with E-state index in [1.54, 1.807) is 0 Å². The molecule has 22 heavy (non-hydrogen) atoms. The quantitative estimate of drug-likeness (QED) is 0.837. The first-order valence-electron chi connectivity index (χ1n) is 8.75. The number of likely N-dealkylation sites (N-methyl/N-ethyl adjacent to an activating group) is 1. The van der Waals surface area contributed by atoms with Gasteiger partial charge in [-0.1, -0.05) is 12.8 Å². The number of hydrogen-bond donors (Lipinski definition) is 2. The Hall–Kier alpha value is -0.810. The maximum Gasteiger partial charge on any atom is 0.407 e. The van der Waals surface area contributed by atoms with Crippen molar-refractivity contribution in [2.24, 2.45) is 5.92 Å². The molecular formula is C17H33N3O2. The highest BCUT2D eigenvalue weighted by Crippen LogP contribution is 2.25. The van der Waals surface area contributed by atoms with Crippen LogP contribution in [0.15, 0.2) is 0 Å². The molecule has 0 aromatic carbocycles. The van der Waals surface area contributed by atoms with E-state index < -0.39 is 5.60 Å². The van der Waals surface area contributed by atoms with Gasteiger partial charge in [-0.05, 0) is 59.5 Å². The number of rotatable bonds is 4. The zero-order valence-corrected chi connectivity index (χ0v) is 14.7. The van der Waals surface area contributed by atoms with E-state index in [9.17, 15) is 4.79 Å². The molecule has 1 heterocycles. The van der Waals surface area contributed by atoms with E-state index in [0.29, 0.717) is 18.0 Å². The van der Waals surface area contributed by atoms with E-state index >= 15 is 0 Å². The van der Waals surface area contributed by atoms with Gasteiger partial charge in [0.1, 0.15) is 5.60 Å². The molecule has 5 nitrogen and oxygen atoms in total. The first-order valence-corrected chi connectivity index (χ1v) is 8.75. The first kappa shape index (κ1) is 17.5. The zero-order valence-electron chi connectivity index (χ0n) is 14.7. The average molecular weight is 311 g/mol. The van der Waals surface area contributed by atoms with E-state index in [2.05, 4.69) is 22.6 Å². The standard InChI is InChI=1S/C17H33N3O2/c1-17(2,3)22-16(21)18-11-13-7-5-6-8-15(13)19-14-9-10-20(4)12-14/h13-15,19H,5-12H2,1-4H3,(H,18,21). The largest absolute Gasteiger partial charge is 0.444 e. The Balaban J connectivity index is 1.78. The first-order chi connectivity index (χ1) is 10.3. The second-order valence-corrected chi connectivity index (χ2v) is 7.95. The number of nitrogens with one attached hydrogen (secondary N) is 2. The fraction of sp³-hybridized carbons (Fsp3) is 0.941. The van der Waals surface area contributed by atoms with Crippen molar-refractivity contribution in [1.29, 1.82) is 0 Å². The third-order valence-electron chi connectivity index (χ3n) is 4.66. The van der Waals surface area contributed by atoms with Gasteiger partial charge in [-0.15, -0.1) is 0 Å². The summed E-state index contributed by atoms with van der Waals surface area (Å²) in [5.41, 5.74) is -0.428. The highest BCUT2D eigenvalue weighted by molar-refractivity contribution is 5.67. The topological polar surface area (TPSA) is 53.6 Å². The fourth-order valence-electron chi connectivity index (χ4n) is 3.57. The van der Waals surface area contributed by atoms with Crippen LogP contribution in [0.1, 0.15) is 52.9 Å². The molecule has 2 fully saturated rings. The van der Waals surface area contributed by atoms with E-state index in [0.717, 1.165) is 13.1 Å². The highest BCUT2D eigenvalue weighted by Gasteiger charge is 2.29. The second kappa shape index (κ2) is 7.64. The Morgan fingerprint density at radius 3 is 2.59 bits per heavy atom. The molecule has 2 aliphatic rings. The number of hydrogen-bond acceptors (Lipinski definition) is 4. The molecular weight excluding hydrogens is 278 g/mol. The lowest BCUT2D eigenvalue weighted by Gasteiger charge is -2.34. The average Bonchev–Trinajstić information content (AvgIpc) is 2.81. The van der Waals surface area contributed by atoms with Gasteiger partial charge in [0.2, 0.25) is 0 Å². The number of ether oxygens (including phenoxy) is 1. The molecule has 0 aromatic rings. The van der Waals surface area contributed by atoms with E-state index in [1.165, 1.54) is 38.6 Å². The van der Waals surface area contributed by atoms with Crippen LogP contribution < -0.4 is 10.6 Å². The molecule has 3 unspecified atom stereocenters. The highest BCUT2D eigenvalue weighted by atomic mass is 16.6. The van der Waals surface area contributed by atoms with Crippen LogP contribution in [0.2, 0.25) is 0 Å². The molecule has 0 spiro atoms. The predicted molar refractivity (Wildman–Crippen MR) is 89.0 cm³/mol. The molecule has 0 bridgehead atoms. The summed E-state index contributed by atoms with van der Waals surface area (Å²) in [6.07, 6.45) is 5.92. The Morgan fingerprint density at radius 1 is 1.23 bits per heavy atom. The van der Waals surface area contributed by atoms with Crippen molar-refractivity contribution in [1.82, 2.24) is 15.5 Å². The number of carbonyl (C=O) groups is 1. The van der Waals surface area contributed by atoms with E-state index in [4.69, 9.17) is 4.74 Å². The third kappa shape index (κ3) is 5.76. The van der Waals surface area contributed by atoms with Crippen LogP contribution in [0, 0.1) is 5.92 Å². The molecule has 5 heteroatoms. The Labute approximate surface area is 135 Å². The van der Waals surface area contributed by atoms with E-state index in [-0.39, 0.29) is 6.09 Å². The number of carbonyl (C=O) groups excluding carboxylic acids is 1. The summed E-state index contributed by atoms with van der Waals surface area (Å²) in [6.45, 7) is 8.74. The lowest BCUT2D eigenvalue weighted by molar-refractivity contribution is 0.0510. The summed E-state index contributed by atoms with van der Waals surface area (Å²) >= 11 is 0. The molecule has 1 saturated heterocycles. The molecule has 128 valence electrons. The van der Waals surface area contributed by atoms with Gasteiger partial charge < -0.3 is 20.3 Å². The van der Waals surface area contributed by atoms with E-state index in [1.807, 2.05) is 20.8 Å². The summed E-state index contributed by atoms with van der Waals surface area (Å²) in [5, 5.41) is 6.80. The van der Waals surface area contributed by atoms with Gasteiger partial charge in [0.25, 0.3) is 0 Å². The third-order valence-corrected chi connectivity index (χ3v) is 4.66. The van der Waals surface area contributed by atoms with Crippen molar-refractivity contribution in [3.8, 4) is 0 Å². The summed E-state index contributed by atoms with van der Waals surface area (Å²) in [5.74, 6) is 0.521. The molecule has 1 aliphatic carbocycles. The van der Waals surface area contributed by atoms with Crippen molar-refractivity contribution in [3.63, 3.8) is 0 Å². The van der Waals surface area contributed by atoms with Crippen LogP contribution >= 0.6 is 0 Å². The maximum atomic E-state index is 11.8. The van der Waals surface area contributed by atoms with Crippen LogP contribution in [0.3, 0.4) is 0 Å². The predicted octanol–water partition coefficient (Wildman–Crippen LogP) is 2.36. The molecule has 2 N–H and O–H groups in total. The Kier molecular flexibility index (Phi) is 6.09. The summed E-state index contributed by atoms with van der Waals surface area (Å²) in [7, 11) is 2.18. The van der Waals surface area contributed by atoms with Crippen molar-refractivity contribution >= 4 is 6.09 Å². The van der Waals surface area contributed by atoms with Crippen LogP contribution in [-0.2, 0) is 4.74 Å². The summed E-state index contributed by atoms with van der Waals surface area (Å²) < 4.78 is 5.33. The van der Waals surface area contributed by atoms with Gasteiger partial charge in [-0.3, -0.25) is 0 Å². The SMILES string of the molecule is CN1CCC(NC2CCCCC2CNC(=O)OC(C)(C)C)C1. The number of alkyl carbamates (subject to hydrolysis) is 1. The molecule has 1 aliphatic heterocycles. The lowest BCUT2D eigenvalue weighted by Crippen LogP contribution is -2.49. The van der Waals surface area contributed by atoms with Gasteiger partial charge in [0, 0.05) is 25.2 Å². The smallest absolute Gasteiger partial charge is 0.407 e. The molecule has 1 amide bonds. The van der Waals surface area contributed by atoms with Crippen molar-refractivity contribution in [3.05, 3.63) is 0 Å². The van der Waals surface area contributed by atoms with Gasteiger partial charge in [-0.25, -0.2) is 4.79 Å². The summed E-state index contributed by atoms with van der Waals surface area (Å²) in [6, 6.07) is 1.14. The van der Waals surface area contributed by atoms with Gasteiger partial charge in [-0.2, -0.15) is 0 Å². The monoisotopic (exact) mass is 311 g/mol. The summed E-state index contributed by atoms with van der Waals surface area (Å²) in [4.78, 5) is 14.2.